The molecule has 0 saturated carbocycles. The van der Waals surface area contributed by atoms with E-state index < -0.39 is 24.4 Å². The Labute approximate surface area is 154 Å². The Hall–Kier alpha value is -1.71. The average molecular weight is 363 g/mol. The lowest BCUT2D eigenvalue weighted by Crippen LogP contribution is -2.41. The quantitative estimate of drug-likeness (QED) is 0.589. The van der Waals surface area contributed by atoms with E-state index in [4.69, 9.17) is 19.2 Å². The molecule has 9 heteroatoms. The van der Waals surface area contributed by atoms with Crippen molar-refractivity contribution < 1.29 is 23.9 Å². The van der Waals surface area contributed by atoms with Gasteiger partial charge in [-0.3, -0.25) is 0 Å². The number of hydrogen-bond donors (Lipinski definition) is 1. The summed E-state index contributed by atoms with van der Waals surface area (Å²) in [6.07, 6.45) is 4.91. The molecular formula is C17H26BN3O5. The summed E-state index contributed by atoms with van der Waals surface area (Å²) in [5.74, 6) is 0.129. The summed E-state index contributed by atoms with van der Waals surface area (Å²) < 4.78 is 17.1. The van der Waals surface area contributed by atoms with Gasteiger partial charge in [0.1, 0.15) is 12.6 Å². The van der Waals surface area contributed by atoms with Crippen LogP contribution in [0.3, 0.4) is 0 Å². The van der Waals surface area contributed by atoms with Crippen molar-refractivity contribution in [1.29, 1.82) is 0 Å². The summed E-state index contributed by atoms with van der Waals surface area (Å²) >= 11 is 0. The van der Waals surface area contributed by atoms with Crippen LogP contribution in [0.5, 0.6) is 0 Å². The summed E-state index contributed by atoms with van der Waals surface area (Å²) in [5.41, 5.74) is -0.106. The Morgan fingerprint density at radius 1 is 1.31 bits per heavy atom. The monoisotopic (exact) mass is 363 g/mol. The van der Waals surface area contributed by atoms with Gasteiger partial charge in [0.15, 0.2) is 0 Å². The van der Waals surface area contributed by atoms with Crippen LogP contribution >= 0.6 is 0 Å². The van der Waals surface area contributed by atoms with E-state index in [-0.39, 0.29) is 19.2 Å². The number of nitrogens with zero attached hydrogens (tertiary/aromatic N) is 3. The van der Waals surface area contributed by atoms with Gasteiger partial charge in [-0.05, 0) is 40.5 Å². The first kappa shape index (κ1) is 19.1. The number of aromatic nitrogens is 2. The van der Waals surface area contributed by atoms with Crippen LogP contribution in [0.25, 0.3) is 0 Å². The molecule has 26 heavy (non-hydrogen) atoms. The highest BCUT2D eigenvalue weighted by Gasteiger charge is 2.52. The third-order valence-electron chi connectivity index (χ3n) is 5.30. The van der Waals surface area contributed by atoms with E-state index >= 15 is 0 Å². The van der Waals surface area contributed by atoms with Crippen molar-refractivity contribution in [3.63, 3.8) is 0 Å². The molecule has 1 N–H and O–H groups in total. The predicted octanol–water partition coefficient (Wildman–Crippen LogP) is 0.280. The number of carbonyl (C=O) groups excluding carboxylic acids is 1. The minimum atomic E-state index is -0.516. The minimum Gasteiger partial charge on any atom is -0.462 e. The maximum absolute atomic E-state index is 12.1. The number of aliphatic hydroxyl groups is 1. The van der Waals surface area contributed by atoms with Gasteiger partial charge >= 0.3 is 13.1 Å². The molecule has 0 aliphatic carbocycles. The third-order valence-corrected chi connectivity index (χ3v) is 5.30. The molecule has 2 fully saturated rings. The van der Waals surface area contributed by atoms with Gasteiger partial charge in [-0.25, -0.2) is 14.8 Å². The maximum Gasteiger partial charge on any atom is 0.498 e. The average Bonchev–Trinajstić information content (AvgIpc) is 3.15. The summed E-state index contributed by atoms with van der Waals surface area (Å²) in [6, 6.07) is -0.413. The van der Waals surface area contributed by atoms with E-state index in [1.54, 1.807) is 12.4 Å². The molecule has 0 amide bonds. The highest BCUT2D eigenvalue weighted by atomic mass is 16.7. The molecule has 0 spiro atoms. The summed E-state index contributed by atoms with van der Waals surface area (Å²) in [4.78, 5) is 22.8. The van der Waals surface area contributed by atoms with Crippen molar-refractivity contribution in [1.82, 2.24) is 9.97 Å². The van der Waals surface area contributed by atoms with Gasteiger partial charge in [-0.2, -0.15) is 0 Å². The van der Waals surface area contributed by atoms with Gasteiger partial charge < -0.3 is 24.1 Å². The van der Waals surface area contributed by atoms with Crippen molar-refractivity contribution in [2.75, 3.05) is 24.7 Å². The second-order valence-corrected chi connectivity index (χ2v) is 7.65. The lowest BCUT2D eigenvalue weighted by atomic mass is 9.81. The van der Waals surface area contributed by atoms with Crippen molar-refractivity contribution in [2.24, 2.45) is 0 Å². The molecule has 0 bridgehead atoms. The van der Waals surface area contributed by atoms with Crippen LogP contribution in [-0.2, 0) is 18.8 Å². The molecule has 3 heterocycles. The van der Waals surface area contributed by atoms with Gasteiger partial charge in [0.25, 0.3) is 0 Å². The molecule has 2 aliphatic rings. The fourth-order valence-electron chi connectivity index (χ4n) is 3.07. The van der Waals surface area contributed by atoms with Crippen molar-refractivity contribution in [3.8, 4) is 0 Å². The molecule has 142 valence electrons. The normalized spacial score (nSPS) is 24.1. The zero-order valence-electron chi connectivity index (χ0n) is 15.8. The van der Waals surface area contributed by atoms with E-state index in [1.165, 1.54) is 0 Å². The van der Waals surface area contributed by atoms with Crippen molar-refractivity contribution >= 4 is 24.5 Å². The Kier molecular flexibility index (Phi) is 5.23. The van der Waals surface area contributed by atoms with Crippen LogP contribution in [0, 0.1) is 0 Å². The predicted molar refractivity (Wildman–Crippen MR) is 96.2 cm³/mol. The number of carbonyl (C=O) groups is 1. The van der Waals surface area contributed by atoms with Gasteiger partial charge in [-0.1, -0.05) is 0 Å². The molecule has 2 aliphatic heterocycles. The van der Waals surface area contributed by atoms with E-state index in [1.807, 2.05) is 32.6 Å². The highest BCUT2D eigenvalue weighted by Crippen LogP contribution is 2.36. The van der Waals surface area contributed by atoms with Crippen molar-refractivity contribution in [2.45, 2.75) is 57.8 Å². The summed E-state index contributed by atoms with van der Waals surface area (Å²) in [5, 5.41) is 8.81. The maximum atomic E-state index is 12.1. The van der Waals surface area contributed by atoms with Crippen LogP contribution in [0.2, 0.25) is 0 Å². The van der Waals surface area contributed by atoms with Crippen LogP contribution in [-0.4, -0.2) is 65.2 Å². The summed E-state index contributed by atoms with van der Waals surface area (Å²) in [7, 11) is -0.516. The SMILES string of the molecule is CC1(C)OB(c2cnc(N3CCC[C@@H]3C(=O)OCCO)nc2)OC1(C)C. The fourth-order valence-corrected chi connectivity index (χ4v) is 3.07. The number of rotatable bonds is 5. The minimum absolute atomic E-state index is 0.00486. The molecule has 0 unspecified atom stereocenters. The number of esters is 1. The standard InChI is InChI=1S/C17H26BN3O5/c1-16(2)17(3,4)26-18(25-16)12-10-19-15(20-11-12)21-7-5-6-13(21)14(23)24-9-8-22/h10-11,13,22H,5-9H2,1-4H3/t13-/m1/s1. The third kappa shape index (κ3) is 3.56. The van der Waals surface area contributed by atoms with Crippen LogP contribution in [0.1, 0.15) is 40.5 Å². The topological polar surface area (TPSA) is 94.0 Å². The van der Waals surface area contributed by atoms with E-state index in [0.29, 0.717) is 18.9 Å². The Balaban J connectivity index is 1.71. The molecule has 1 aromatic rings. The second kappa shape index (κ2) is 7.13. The van der Waals surface area contributed by atoms with Gasteiger partial charge in [0.05, 0.1) is 17.8 Å². The van der Waals surface area contributed by atoms with E-state index in [9.17, 15) is 4.79 Å². The van der Waals surface area contributed by atoms with Gasteiger partial charge in [-0.15, -0.1) is 0 Å². The first-order valence-corrected chi connectivity index (χ1v) is 8.97. The van der Waals surface area contributed by atoms with E-state index in [0.717, 1.165) is 11.9 Å². The molecular weight excluding hydrogens is 337 g/mol. The lowest BCUT2D eigenvalue weighted by molar-refractivity contribution is -0.146. The van der Waals surface area contributed by atoms with Gasteiger partial charge in [0.2, 0.25) is 5.95 Å². The molecule has 8 nitrogen and oxygen atoms in total. The lowest BCUT2D eigenvalue weighted by Gasteiger charge is -2.32. The van der Waals surface area contributed by atoms with Gasteiger partial charge in [0, 0.05) is 24.4 Å². The number of anilines is 1. The Bertz CT molecular complexity index is 636. The Morgan fingerprint density at radius 3 is 2.50 bits per heavy atom. The smallest absolute Gasteiger partial charge is 0.462 e. The molecule has 0 aromatic carbocycles. The number of ether oxygens (including phenoxy) is 1. The molecule has 1 aromatic heterocycles. The first-order chi connectivity index (χ1) is 12.2. The largest absolute Gasteiger partial charge is 0.498 e. The number of aliphatic hydroxyl groups excluding tert-OH is 1. The second-order valence-electron chi connectivity index (χ2n) is 7.65. The first-order valence-electron chi connectivity index (χ1n) is 8.97. The fraction of sp³-hybridized carbons (Fsp3) is 0.706. The molecule has 1 atom stereocenters. The van der Waals surface area contributed by atoms with E-state index in [2.05, 4.69) is 9.97 Å². The molecule has 3 rings (SSSR count). The molecule has 2 saturated heterocycles. The van der Waals surface area contributed by atoms with Crippen LogP contribution in [0.15, 0.2) is 12.4 Å². The number of hydrogen-bond acceptors (Lipinski definition) is 8. The van der Waals surface area contributed by atoms with Crippen LogP contribution < -0.4 is 10.4 Å². The Morgan fingerprint density at radius 2 is 1.92 bits per heavy atom. The molecule has 0 radical (unpaired) electrons. The van der Waals surface area contributed by atoms with Crippen LogP contribution in [0.4, 0.5) is 5.95 Å². The zero-order valence-corrected chi connectivity index (χ0v) is 15.8. The van der Waals surface area contributed by atoms with Crippen molar-refractivity contribution in [3.05, 3.63) is 12.4 Å². The highest BCUT2D eigenvalue weighted by molar-refractivity contribution is 6.61. The zero-order chi connectivity index (χ0) is 18.9. The summed E-state index contributed by atoms with van der Waals surface area (Å²) in [6.45, 7) is 8.49.